The van der Waals surface area contributed by atoms with E-state index in [0.29, 0.717) is 5.92 Å². The molecule has 0 fully saturated rings. The van der Waals surface area contributed by atoms with E-state index in [1.807, 2.05) is 30.0 Å². The van der Waals surface area contributed by atoms with E-state index >= 15 is 0 Å². The molecule has 3 rings (SSSR count). The number of ether oxygens (including phenoxy) is 1. The molecule has 2 aromatic rings. The van der Waals surface area contributed by atoms with Gasteiger partial charge in [0, 0.05) is 16.6 Å². The van der Waals surface area contributed by atoms with E-state index in [1.165, 1.54) is 10.5 Å². The number of benzene rings is 2. The van der Waals surface area contributed by atoms with Crippen molar-refractivity contribution in [3.8, 4) is 5.75 Å². The molecular weight excluding hydrogens is 268 g/mol. The minimum Gasteiger partial charge on any atom is -0.493 e. The summed E-state index contributed by atoms with van der Waals surface area (Å²) in [5, 5.41) is 9.05. The number of fused-ring (bicyclic) bond motifs is 1. The van der Waals surface area contributed by atoms with Gasteiger partial charge in [-0.3, -0.25) is 0 Å². The lowest BCUT2D eigenvalue weighted by atomic mass is 9.95. The number of hydrogen-bond acceptors (Lipinski definition) is 3. The van der Waals surface area contributed by atoms with Gasteiger partial charge < -0.3 is 9.84 Å². The zero-order valence-electron chi connectivity index (χ0n) is 11.3. The Morgan fingerprint density at radius 3 is 2.70 bits per heavy atom. The Bertz CT molecular complexity index is 565. The van der Waals surface area contributed by atoms with E-state index in [-0.39, 0.29) is 6.61 Å². The lowest BCUT2D eigenvalue weighted by Gasteiger charge is -2.25. The van der Waals surface area contributed by atoms with Crippen molar-refractivity contribution < 1.29 is 9.84 Å². The van der Waals surface area contributed by atoms with E-state index in [4.69, 9.17) is 9.84 Å². The van der Waals surface area contributed by atoms with Crippen LogP contribution in [0.5, 0.6) is 5.75 Å². The summed E-state index contributed by atoms with van der Waals surface area (Å²) in [6.07, 6.45) is 1.08. The van der Waals surface area contributed by atoms with Gasteiger partial charge in [-0.05, 0) is 35.7 Å². The predicted octanol–water partition coefficient (Wildman–Crippen LogP) is 3.84. The molecule has 20 heavy (non-hydrogen) atoms. The summed E-state index contributed by atoms with van der Waals surface area (Å²) in [5.41, 5.74) is 2.30. The zero-order chi connectivity index (χ0) is 13.8. The van der Waals surface area contributed by atoms with Crippen molar-refractivity contribution in [2.45, 2.75) is 23.8 Å². The molecule has 0 spiro atoms. The van der Waals surface area contributed by atoms with Crippen LogP contribution >= 0.6 is 11.8 Å². The monoisotopic (exact) mass is 286 g/mol. The van der Waals surface area contributed by atoms with Gasteiger partial charge in [0.15, 0.2) is 0 Å². The molecular formula is C17H18O2S. The molecule has 1 heterocycles. The minimum atomic E-state index is 0.109. The van der Waals surface area contributed by atoms with Gasteiger partial charge in [0.05, 0.1) is 13.2 Å². The first kappa shape index (κ1) is 13.5. The molecule has 1 aliphatic heterocycles. The Morgan fingerprint density at radius 2 is 1.90 bits per heavy atom. The Hall–Kier alpha value is -1.45. The standard InChI is InChI=1S/C17H18O2S/c18-11-13-5-7-15(8-6-13)20-12-14-9-10-19-17-4-2-1-3-16(14)17/h1-8,14,18H,9-12H2. The second-order valence-electron chi connectivity index (χ2n) is 4.98. The fourth-order valence-corrected chi connectivity index (χ4v) is 3.55. The number of aliphatic hydroxyl groups is 1. The number of thioether (sulfide) groups is 1. The molecule has 3 heteroatoms. The van der Waals surface area contributed by atoms with Crippen LogP contribution in [0.4, 0.5) is 0 Å². The smallest absolute Gasteiger partial charge is 0.122 e. The van der Waals surface area contributed by atoms with Crippen LogP contribution in [0.1, 0.15) is 23.5 Å². The first-order valence-corrected chi connectivity index (χ1v) is 7.89. The normalized spacial score (nSPS) is 17.4. The lowest BCUT2D eigenvalue weighted by Crippen LogP contribution is -2.15. The Kier molecular flexibility index (Phi) is 4.28. The highest BCUT2D eigenvalue weighted by Gasteiger charge is 2.20. The summed E-state index contributed by atoms with van der Waals surface area (Å²) in [4.78, 5) is 1.26. The first-order valence-electron chi connectivity index (χ1n) is 6.91. The van der Waals surface area contributed by atoms with Crippen molar-refractivity contribution in [1.82, 2.24) is 0 Å². The second-order valence-corrected chi connectivity index (χ2v) is 6.08. The first-order chi connectivity index (χ1) is 9.86. The summed E-state index contributed by atoms with van der Waals surface area (Å²) in [6, 6.07) is 16.5. The maximum absolute atomic E-state index is 9.05. The van der Waals surface area contributed by atoms with Crippen LogP contribution in [0.2, 0.25) is 0 Å². The van der Waals surface area contributed by atoms with Crippen LogP contribution in [0.25, 0.3) is 0 Å². The summed E-state index contributed by atoms with van der Waals surface area (Å²) in [7, 11) is 0. The molecule has 0 radical (unpaired) electrons. The van der Waals surface area contributed by atoms with E-state index < -0.39 is 0 Å². The third kappa shape index (κ3) is 3.00. The summed E-state index contributed by atoms with van der Waals surface area (Å²) < 4.78 is 5.70. The van der Waals surface area contributed by atoms with Crippen LogP contribution in [0, 0.1) is 0 Å². The van der Waals surface area contributed by atoms with Gasteiger partial charge in [0.2, 0.25) is 0 Å². The molecule has 0 saturated heterocycles. The van der Waals surface area contributed by atoms with Gasteiger partial charge in [-0.15, -0.1) is 11.8 Å². The van der Waals surface area contributed by atoms with E-state index in [0.717, 1.165) is 30.1 Å². The molecule has 0 amide bonds. The molecule has 0 bridgehead atoms. The fourth-order valence-electron chi connectivity index (χ4n) is 2.48. The Balaban J connectivity index is 1.66. The van der Waals surface area contributed by atoms with Crippen molar-refractivity contribution in [3.63, 3.8) is 0 Å². The Labute approximate surface area is 123 Å². The average Bonchev–Trinajstić information content (AvgIpc) is 2.53. The van der Waals surface area contributed by atoms with Gasteiger partial charge in [-0.25, -0.2) is 0 Å². The third-order valence-electron chi connectivity index (χ3n) is 3.64. The van der Waals surface area contributed by atoms with Crippen LogP contribution in [0.3, 0.4) is 0 Å². The molecule has 1 aliphatic rings. The molecule has 2 aromatic carbocycles. The SMILES string of the molecule is OCc1ccc(SCC2CCOc3ccccc32)cc1. The highest BCUT2D eigenvalue weighted by molar-refractivity contribution is 7.99. The van der Waals surface area contributed by atoms with Crippen molar-refractivity contribution in [1.29, 1.82) is 0 Å². The molecule has 1 atom stereocenters. The van der Waals surface area contributed by atoms with Crippen molar-refractivity contribution in [2.75, 3.05) is 12.4 Å². The minimum absolute atomic E-state index is 0.109. The molecule has 104 valence electrons. The molecule has 1 unspecified atom stereocenters. The van der Waals surface area contributed by atoms with E-state index in [1.54, 1.807) is 0 Å². The summed E-state index contributed by atoms with van der Waals surface area (Å²) in [6.45, 7) is 0.921. The van der Waals surface area contributed by atoms with Gasteiger partial charge in [-0.2, -0.15) is 0 Å². The lowest BCUT2D eigenvalue weighted by molar-refractivity contribution is 0.273. The van der Waals surface area contributed by atoms with Gasteiger partial charge >= 0.3 is 0 Å². The van der Waals surface area contributed by atoms with Crippen LogP contribution in [-0.4, -0.2) is 17.5 Å². The summed E-state index contributed by atoms with van der Waals surface area (Å²) in [5.74, 6) is 2.67. The number of para-hydroxylation sites is 1. The third-order valence-corrected chi connectivity index (χ3v) is 4.81. The van der Waals surface area contributed by atoms with Crippen LogP contribution < -0.4 is 4.74 Å². The largest absolute Gasteiger partial charge is 0.493 e. The van der Waals surface area contributed by atoms with Crippen LogP contribution in [-0.2, 0) is 6.61 Å². The van der Waals surface area contributed by atoms with Gasteiger partial charge in [-0.1, -0.05) is 30.3 Å². The molecule has 0 aromatic heterocycles. The molecule has 2 nitrogen and oxygen atoms in total. The van der Waals surface area contributed by atoms with Gasteiger partial charge in [0.1, 0.15) is 5.75 Å². The summed E-state index contributed by atoms with van der Waals surface area (Å²) >= 11 is 1.87. The number of aliphatic hydroxyl groups excluding tert-OH is 1. The maximum Gasteiger partial charge on any atom is 0.122 e. The highest BCUT2D eigenvalue weighted by Crippen LogP contribution is 2.36. The molecule has 0 saturated carbocycles. The topological polar surface area (TPSA) is 29.5 Å². The second kappa shape index (κ2) is 6.33. The molecule has 1 N–H and O–H groups in total. The fraction of sp³-hybridized carbons (Fsp3) is 0.294. The average molecular weight is 286 g/mol. The van der Waals surface area contributed by atoms with Gasteiger partial charge in [0.25, 0.3) is 0 Å². The molecule has 0 aliphatic carbocycles. The maximum atomic E-state index is 9.05. The van der Waals surface area contributed by atoms with Crippen LogP contribution in [0.15, 0.2) is 53.4 Å². The van der Waals surface area contributed by atoms with Crippen molar-refractivity contribution in [2.24, 2.45) is 0 Å². The quantitative estimate of drug-likeness (QED) is 0.866. The number of hydrogen-bond donors (Lipinski definition) is 1. The predicted molar refractivity (Wildman–Crippen MR) is 82.4 cm³/mol. The van der Waals surface area contributed by atoms with E-state index in [2.05, 4.69) is 30.3 Å². The van der Waals surface area contributed by atoms with Crippen molar-refractivity contribution >= 4 is 11.8 Å². The highest BCUT2D eigenvalue weighted by atomic mass is 32.2. The zero-order valence-corrected chi connectivity index (χ0v) is 12.1. The van der Waals surface area contributed by atoms with Crippen molar-refractivity contribution in [3.05, 3.63) is 59.7 Å². The Morgan fingerprint density at radius 1 is 1.10 bits per heavy atom. The van der Waals surface area contributed by atoms with E-state index in [9.17, 15) is 0 Å². The number of rotatable bonds is 4.